The van der Waals surface area contributed by atoms with E-state index < -0.39 is 5.75 Å². The van der Waals surface area contributed by atoms with Crippen LogP contribution in [0.25, 0.3) is 0 Å². The largest absolute Gasteiger partial charge is 1.00 e. The van der Waals surface area contributed by atoms with E-state index in [4.69, 9.17) is 0 Å². The molecule has 0 fully saturated rings. The van der Waals surface area contributed by atoms with Gasteiger partial charge in [-0.1, -0.05) is 23.9 Å². The number of pyridine rings is 1. The monoisotopic (exact) mass is 259 g/mol. The zero-order valence-corrected chi connectivity index (χ0v) is 14.2. The molecule has 1 heterocycles. The van der Waals surface area contributed by atoms with Gasteiger partial charge in [0.1, 0.15) is 0 Å². The summed E-state index contributed by atoms with van der Waals surface area (Å²) in [5.74, 6) is -0.359. The molecule has 80 valence electrons. The summed E-state index contributed by atoms with van der Waals surface area (Å²) in [4.78, 5) is 3.92. The zero-order chi connectivity index (χ0) is 11.4. The quantitative estimate of drug-likeness (QED) is 0.403. The first-order valence-electron chi connectivity index (χ1n) is 4.56. The van der Waals surface area contributed by atoms with Gasteiger partial charge in [-0.15, -0.1) is 16.0 Å². The van der Waals surface area contributed by atoms with Crippen molar-refractivity contribution in [2.24, 2.45) is 10.2 Å². The van der Waals surface area contributed by atoms with E-state index in [1.54, 1.807) is 24.4 Å². The Labute approximate surface area is 149 Å². The SMILES string of the molecule is [Na+].[Na+].[O-]c1ccc(N=Nc2ccccn2)c([O-])c1. The Hall–Kier alpha value is -0.430. The van der Waals surface area contributed by atoms with Crippen LogP contribution in [0, 0.1) is 0 Å². The molecule has 0 N–H and O–H groups in total. The third kappa shape index (κ3) is 5.06. The van der Waals surface area contributed by atoms with Crippen molar-refractivity contribution in [3.05, 3.63) is 42.6 Å². The van der Waals surface area contributed by atoms with Gasteiger partial charge >= 0.3 is 59.1 Å². The number of hydrogen-bond acceptors (Lipinski definition) is 5. The van der Waals surface area contributed by atoms with Gasteiger partial charge < -0.3 is 10.2 Å². The maximum absolute atomic E-state index is 11.3. The number of aromatic nitrogens is 1. The molecule has 0 aliphatic heterocycles. The van der Waals surface area contributed by atoms with Crippen LogP contribution in [0.5, 0.6) is 11.5 Å². The summed E-state index contributed by atoms with van der Waals surface area (Å²) in [5.41, 5.74) is 0.130. The van der Waals surface area contributed by atoms with E-state index in [9.17, 15) is 10.2 Å². The van der Waals surface area contributed by atoms with Crippen LogP contribution in [0.1, 0.15) is 0 Å². The first-order chi connectivity index (χ1) is 7.75. The molecule has 0 atom stereocenters. The fourth-order valence-electron chi connectivity index (χ4n) is 1.10. The second-order valence-corrected chi connectivity index (χ2v) is 3.02. The van der Waals surface area contributed by atoms with E-state index in [1.807, 2.05) is 0 Å². The average molecular weight is 259 g/mol. The Kier molecular flexibility index (Phi) is 8.43. The van der Waals surface area contributed by atoms with Crippen LogP contribution in [0.15, 0.2) is 52.8 Å². The van der Waals surface area contributed by atoms with Crippen molar-refractivity contribution < 1.29 is 69.3 Å². The Morgan fingerprint density at radius 1 is 0.944 bits per heavy atom. The van der Waals surface area contributed by atoms with E-state index >= 15 is 0 Å². The average Bonchev–Trinajstić information content (AvgIpc) is 2.29. The normalized spacial score (nSPS) is 9.56. The molecule has 2 rings (SSSR count). The van der Waals surface area contributed by atoms with Crippen LogP contribution in [0.2, 0.25) is 0 Å². The number of azo groups is 1. The molecular weight excluding hydrogens is 252 g/mol. The molecule has 5 nitrogen and oxygen atoms in total. The van der Waals surface area contributed by atoms with Gasteiger partial charge in [-0.2, -0.15) is 0 Å². The van der Waals surface area contributed by atoms with Gasteiger partial charge in [-0.25, -0.2) is 4.98 Å². The van der Waals surface area contributed by atoms with E-state index in [2.05, 4.69) is 15.2 Å². The molecule has 18 heavy (non-hydrogen) atoms. The summed E-state index contributed by atoms with van der Waals surface area (Å²) in [6, 6.07) is 8.78. The van der Waals surface area contributed by atoms with Gasteiger partial charge in [0.2, 0.25) is 0 Å². The molecule has 1 aromatic heterocycles. The molecule has 0 bridgehead atoms. The summed E-state index contributed by atoms with van der Waals surface area (Å²) in [7, 11) is 0. The number of rotatable bonds is 2. The summed E-state index contributed by atoms with van der Waals surface area (Å²) < 4.78 is 0. The minimum absolute atomic E-state index is 0. The van der Waals surface area contributed by atoms with Gasteiger partial charge in [-0.3, -0.25) is 0 Å². The van der Waals surface area contributed by atoms with Crippen molar-refractivity contribution >= 4 is 11.5 Å². The molecule has 7 heteroatoms. The van der Waals surface area contributed by atoms with Gasteiger partial charge in [0, 0.05) is 6.20 Å². The van der Waals surface area contributed by atoms with Gasteiger partial charge in [-0.05, 0) is 18.2 Å². The molecule has 0 radical (unpaired) electrons. The van der Waals surface area contributed by atoms with Crippen molar-refractivity contribution in [3.8, 4) is 11.5 Å². The Balaban J connectivity index is 0.00000144. The molecule has 0 aliphatic rings. The van der Waals surface area contributed by atoms with Crippen LogP contribution >= 0.6 is 0 Å². The van der Waals surface area contributed by atoms with Crippen LogP contribution in [-0.2, 0) is 0 Å². The smallest absolute Gasteiger partial charge is 0.872 e. The number of hydrogen-bond donors (Lipinski definition) is 0. The predicted molar refractivity (Wildman–Crippen MR) is 53.7 cm³/mol. The molecule has 0 amide bonds. The molecule has 0 saturated heterocycles. The molecule has 2 aromatic rings. The van der Waals surface area contributed by atoms with Crippen molar-refractivity contribution in [1.29, 1.82) is 0 Å². The van der Waals surface area contributed by atoms with Gasteiger partial charge in [0.15, 0.2) is 5.82 Å². The minimum Gasteiger partial charge on any atom is -0.872 e. The molecule has 1 aromatic carbocycles. The van der Waals surface area contributed by atoms with Crippen LogP contribution in [-0.4, -0.2) is 4.98 Å². The second kappa shape index (κ2) is 8.63. The molecular formula is C11H7N3Na2O2. The van der Waals surface area contributed by atoms with Crippen molar-refractivity contribution in [1.82, 2.24) is 4.98 Å². The number of nitrogens with zero attached hydrogens (tertiary/aromatic N) is 3. The minimum atomic E-state index is -0.438. The van der Waals surface area contributed by atoms with Gasteiger partial charge in [0.05, 0.1) is 5.69 Å². The third-order valence-corrected chi connectivity index (χ3v) is 1.84. The van der Waals surface area contributed by atoms with Gasteiger partial charge in [0.25, 0.3) is 0 Å². The fourth-order valence-corrected chi connectivity index (χ4v) is 1.10. The molecule has 0 aliphatic carbocycles. The zero-order valence-electron chi connectivity index (χ0n) is 10.2. The molecule has 0 saturated carbocycles. The maximum atomic E-state index is 11.3. The van der Waals surface area contributed by atoms with Crippen molar-refractivity contribution in [3.63, 3.8) is 0 Å². The first kappa shape index (κ1) is 17.6. The van der Waals surface area contributed by atoms with Crippen molar-refractivity contribution in [2.75, 3.05) is 0 Å². The topological polar surface area (TPSA) is 83.7 Å². The third-order valence-electron chi connectivity index (χ3n) is 1.84. The summed E-state index contributed by atoms with van der Waals surface area (Å²) >= 11 is 0. The standard InChI is InChI=1S/C11H9N3O2.2Na/c15-8-4-5-9(10(16)7-8)13-14-11-3-1-2-6-12-11;;/h1-7,15-16H;;/q;2*+1/p-2. The van der Waals surface area contributed by atoms with E-state index in [-0.39, 0.29) is 70.6 Å². The predicted octanol–water partition coefficient (Wildman–Crippen LogP) is -4.35. The van der Waals surface area contributed by atoms with Crippen LogP contribution < -0.4 is 69.3 Å². The Bertz CT molecular complexity index is 521. The van der Waals surface area contributed by atoms with E-state index in [0.717, 1.165) is 6.07 Å². The number of benzene rings is 1. The molecule has 0 spiro atoms. The second-order valence-electron chi connectivity index (χ2n) is 3.02. The first-order valence-corrected chi connectivity index (χ1v) is 4.56. The summed E-state index contributed by atoms with van der Waals surface area (Å²) in [6.07, 6.45) is 1.58. The Morgan fingerprint density at radius 2 is 1.72 bits per heavy atom. The summed E-state index contributed by atoms with van der Waals surface area (Å²) in [5, 5.41) is 29.6. The van der Waals surface area contributed by atoms with E-state index in [1.165, 1.54) is 12.1 Å². The van der Waals surface area contributed by atoms with E-state index in [0.29, 0.717) is 5.82 Å². The maximum Gasteiger partial charge on any atom is 1.00 e. The van der Waals surface area contributed by atoms with Crippen LogP contribution in [0.3, 0.4) is 0 Å². The molecule has 0 unspecified atom stereocenters. The van der Waals surface area contributed by atoms with Crippen molar-refractivity contribution in [2.45, 2.75) is 0 Å². The van der Waals surface area contributed by atoms with Crippen LogP contribution in [0.4, 0.5) is 11.5 Å². The Morgan fingerprint density at radius 3 is 2.33 bits per heavy atom. The fraction of sp³-hybridized carbons (Fsp3) is 0. The summed E-state index contributed by atoms with van der Waals surface area (Å²) in [6.45, 7) is 0.